The van der Waals surface area contributed by atoms with Crippen LogP contribution in [0.15, 0.2) is 208 Å². The first kappa shape index (κ1) is 12.6. The summed E-state index contributed by atoms with van der Waals surface area (Å²) in [5, 5.41) is -4.11. The lowest BCUT2D eigenvalue weighted by molar-refractivity contribution is 0.669. The zero-order chi connectivity index (χ0) is 65.0. The molecule has 3 nitrogen and oxygen atoms in total. The molecule has 0 saturated carbocycles. The Balaban J connectivity index is 1.38. The zero-order valence-corrected chi connectivity index (χ0v) is 27.3. The molecule has 11 aromatic rings. The van der Waals surface area contributed by atoms with E-state index in [1.165, 1.54) is 0 Å². The summed E-state index contributed by atoms with van der Waals surface area (Å²) in [7, 11) is 0. The van der Waals surface area contributed by atoms with Crippen LogP contribution in [0.4, 0.5) is 17.1 Å². The van der Waals surface area contributed by atoms with Crippen LogP contribution in [0.25, 0.3) is 88.0 Å². The van der Waals surface area contributed by atoms with Gasteiger partial charge in [0.25, 0.3) is 0 Å². The van der Waals surface area contributed by atoms with E-state index in [4.69, 9.17) is 37.6 Å². The predicted molar refractivity (Wildman–Crippen MR) is 229 cm³/mol. The number of hydrogen-bond acceptors (Lipinski definition) is 3. The Morgan fingerprint density at radius 1 is 0.345 bits per heavy atom. The molecule has 9 aromatic carbocycles. The summed E-state index contributed by atoms with van der Waals surface area (Å²) in [6.07, 6.45) is 0. The van der Waals surface area contributed by atoms with E-state index >= 15 is 0 Å². The van der Waals surface area contributed by atoms with E-state index in [2.05, 4.69) is 0 Å². The summed E-state index contributed by atoms with van der Waals surface area (Å²) in [5.74, 6) is 0. The standard InChI is InChI=1S/C52H33NO2/c1-2-16-36(17-3-1)53(37-30-28-35(29-31-37)39-23-12-15-34-14-4-5-18-38(34)39)47-33-32-45(52-50(47)46-22-9-11-27-49(46)55-52)41-20-7-6-19-40(41)43-24-13-25-44-42-21-8-10-26-48(42)54-51(43)44/h1-33H/i1D,2D,3D,4D,5D,6D,7D,8D,9D,10D,11D,12D,13D,14D,15D,16D,17D,18D,19D,20D,21D,22D,23D,24D,25D,26D,27D,28D,29D,30D,31D,32D,33D. The lowest BCUT2D eigenvalue weighted by atomic mass is 9.92. The molecule has 0 amide bonds. The second-order valence-electron chi connectivity index (χ2n) is 11.5. The highest BCUT2D eigenvalue weighted by Crippen LogP contribution is 2.48. The summed E-state index contributed by atoms with van der Waals surface area (Å²) < 4.78 is 311. The van der Waals surface area contributed by atoms with Crippen molar-refractivity contribution in [2.45, 2.75) is 0 Å². The molecule has 55 heavy (non-hydrogen) atoms. The zero-order valence-electron chi connectivity index (χ0n) is 60.3. The summed E-state index contributed by atoms with van der Waals surface area (Å²) >= 11 is 0. The fraction of sp³-hybridized carbons (Fsp3) is 0. The van der Waals surface area contributed by atoms with Gasteiger partial charge in [-0.05, 0) is 81.4 Å². The quantitative estimate of drug-likeness (QED) is 0.170. The van der Waals surface area contributed by atoms with Crippen molar-refractivity contribution in [3.05, 3.63) is 199 Å². The smallest absolute Gasteiger partial charge is 0.145 e. The van der Waals surface area contributed by atoms with E-state index in [1.807, 2.05) is 0 Å². The van der Waals surface area contributed by atoms with Crippen LogP contribution >= 0.6 is 0 Å². The van der Waals surface area contributed by atoms with Gasteiger partial charge in [-0.2, -0.15) is 0 Å². The molecular weight excluding hydrogens is 671 g/mol. The molecule has 2 aromatic heterocycles. The van der Waals surface area contributed by atoms with E-state index in [1.54, 1.807) is 0 Å². The van der Waals surface area contributed by atoms with Crippen molar-refractivity contribution >= 4 is 71.7 Å². The molecular formula is C52H33NO2. The molecule has 258 valence electrons. The molecule has 0 aliphatic carbocycles. The first-order valence-electron chi connectivity index (χ1n) is 32.5. The number of rotatable bonds is 6. The maximum atomic E-state index is 10.1. The first-order chi connectivity index (χ1) is 41.0. The van der Waals surface area contributed by atoms with E-state index in [0.29, 0.717) is 4.90 Å². The second kappa shape index (κ2) is 12.6. The van der Waals surface area contributed by atoms with Crippen molar-refractivity contribution in [3.63, 3.8) is 0 Å². The van der Waals surface area contributed by atoms with Gasteiger partial charge >= 0.3 is 0 Å². The van der Waals surface area contributed by atoms with Crippen molar-refractivity contribution in [3.8, 4) is 33.4 Å². The van der Waals surface area contributed by atoms with E-state index < -0.39 is 304 Å². The normalized spacial score (nSPS) is 20.0. The van der Waals surface area contributed by atoms with E-state index in [9.17, 15) is 16.4 Å². The van der Waals surface area contributed by atoms with Crippen molar-refractivity contribution < 1.29 is 54.1 Å². The molecule has 0 saturated heterocycles. The third-order valence-electron chi connectivity index (χ3n) is 8.56. The summed E-state index contributed by atoms with van der Waals surface area (Å²) in [5.41, 5.74) is -12.1. The molecule has 0 aliphatic rings. The number of hydrogen-bond donors (Lipinski definition) is 0. The summed E-state index contributed by atoms with van der Waals surface area (Å²) in [6.45, 7) is 0. The lowest BCUT2D eigenvalue weighted by Crippen LogP contribution is -2.10. The fourth-order valence-corrected chi connectivity index (χ4v) is 6.23. The Hall–Kier alpha value is -7.36. The van der Waals surface area contributed by atoms with Crippen molar-refractivity contribution in [1.82, 2.24) is 0 Å². The molecule has 0 spiro atoms. The van der Waals surface area contributed by atoms with Crippen LogP contribution in [0.1, 0.15) is 45.2 Å². The highest BCUT2D eigenvalue weighted by atomic mass is 16.3. The first-order valence-corrected chi connectivity index (χ1v) is 16.0. The minimum absolute atomic E-state index is 0.362. The van der Waals surface area contributed by atoms with Crippen molar-refractivity contribution in [1.29, 1.82) is 0 Å². The predicted octanol–water partition coefficient (Wildman–Crippen LogP) is 15.1. The summed E-state index contributed by atoms with van der Waals surface area (Å²) in [4.78, 5) is 0.362. The minimum atomic E-state index is -1.34. The molecule has 0 radical (unpaired) electrons. The van der Waals surface area contributed by atoms with Gasteiger partial charge in [-0.25, -0.2) is 0 Å². The van der Waals surface area contributed by atoms with E-state index in [-0.39, 0.29) is 0 Å². The van der Waals surface area contributed by atoms with Gasteiger partial charge in [0.05, 0.1) is 56.3 Å². The monoisotopic (exact) mass is 736 g/mol. The van der Waals surface area contributed by atoms with Gasteiger partial charge in [-0.3, -0.25) is 0 Å². The van der Waals surface area contributed by atoms with Gasteiger partial charge in [0, 0.05) is 38.7 Å². The third kappa shape index (κ3) is 5.05. The lowest BCUT2D eigenvalue weighted by Gasteiger charge is -2.27. The van der Waals surface area contributed by atoms with Crippen LogP contribution in [0.5, 0.6) is 0 Å². The maximum absolute atomic E-state index is 10.1. The average Bonchev–Trinajstić information content (AvgIpc) is 1.32. The largest absolute Gasteiger partial charge is 0.455 e. The van der Waals surface area contributed by atoms with Gasteiger partial charge in [-0.1, -0.05) is 151 Å². The van der Waals surface area contributed by atoms with Crippen LogP contribution in [0, 0.1) is 0 Å². The van der Waals surface area contributed by atoms with Crippen molar-refractivity contribution in [2.75, 3.05) is 4.90 Å². The Morgan fingerprint density at radius 3 is 1.67 bits per heavy atom. The molecule has 0 N–H and O–H groups in total. The second-order valence-corrected chi connectivity index (χ2v) is 11.5. The molecule has 0 fully saturated rings. The Bertz CT molecular complexity index is 5080. The van der Waals surface area contributed by atoms with Crippen LogP contribution < -0.4 is 4.90 Å². The average molecular weight is 737 g/mol. The molecule has 11 rings (SSSR count). The SMILES string of the molecule is [2H]c1c([2H])c([2H])c(N(c2c([2H])c([2H])c(-c3c([2H])c([2H])c([2H])c4c([2H])c([2H])c([2H])c([2H])c34)c([2H])c2[2H])c2c([2H])c([2H])c(-c3c([2H])c([2H])c([2H])c([2H])c3-c3c([2H])c([2H])c([2H])c4c3oc3c([2H])c([2H])c([2H])c([2H])c34)c3oc4c([2H])c([2H])c([2H])c([2H])c4c23)c([2H])c1[2H]. The van der Waals surface area contributed by atoms with Gasteiger partial charge in [0.1, 0.15) is 22.3 Å². The fourth-order valence-electron chi connectivity index (χ4n) is 6.23. The van der Waals surface area contributed by atoms with Gasteiger partial charge in [-0.15, -0.1) is 0 Å². The number of benzene rings is 9. The minimum Gasteiger partial charge on any atom is -0.455 e. The van der Waals surface area contributed by atoms with Gasteiger partial charge < -0.3 is 13.7 Å². The van der Waals surface area contributed by atoms with Crippen molar-refractivity contribution in [2.24, 2.45) is 0 Å². The van der Waals surface area contributed by atoms with Crippen LogP contribution in [-0.4, -0.2) is 0 Å². The topological polar surface area (TPSA) is 29.5 Å². The summed E-state index contributed by atoms with van der Waals surface area (Å²) in [6, 6.07) is -34.8. The number of fused-ring (bicyclic) bond motifs is 7. The number of anilines is 3. The molecule has 2 heterocycles. The van der Waals surface area contributed by atoms with E-state index in [0.717, 1.165) is 0 Å². The third-order valence-corrected chi connectivity index (χ3v) is 8.56. The molecule has 0 bridgehead atoms. The highest BCUT2D eigenvalue weighted by molar-refractivity contribution is 6.18. The van der Waals surface area contributed by atoms with Gasteiger partial charge in [0.2, 0.25) is 0 Å². The molecule has 3 heteroatoms. The highest BCUT2D eigenvalue weighted by Gasteiger charge is 2.24. The Labute approximate surface area is 364 Å². The number of para-hydroxylation sites is 4. The molecule has 0 unspecified atom stereocenters. The Kier molecular flexibility index (Phi) is 2.90. The van der Waals surface area contributed by atoms with Gasteiger partial charge in [0.15, 0.2) is 0 Å². The van der Waals surface area contributed by atoms with Crippen LogP contribution in [0.2, 0.25) is 0 Å². The van der Waals surface area contributed by atoms with Crippen LogP contribution in [-0.2, 0) is 0 Å². The molecule has 0 aliphatic heterocycles. The maximum Gasteiger partial charge on any atom is 0.145 e. The van der Waals surface area contributed by atoms with Crippen LogP contribution in [0.3, 0.4) is 0 Å². The Morgan fingerprint density at radius 2 is 0.873 bits per heavy atom. The molecule has 0 atom stereocenters. The number of furan rings is 2. The number of nitrogens with zero attached hydrogens (tertiary/aromatic N) is 1.